The monoisotopic (exact) mass is 271 g/mol. The van der Waals surface area contributed by atoms with Crippen LogP contribution in [0, 0.1) is 0 Å². The van der Waals surface area contributed by atoms with Crippen LogP contribution in [0.3, 0.4) is 0 Å². The molecule has 0 aliphatic rings. The molecule has 0 unspecified atom stereocenters. The number of hydrogen-bond donors (Lipinski definition) is 2. The predicted molar refractivity (Wildman–Crippen MR) is 74.4 cm³/mol. The molecule has 1 aromatic rings. The van der Waals surface area contributed by atoms with Gasteiger partial charge in [0, 0.05) is 18.5 Å². The van der Waals surface area contributed by atoms with Crippen molar-refractivity contribution < 1.29 is 9.90 Å². The Kier molecular flexibility index (Phi) is 5.10. The van der Waals surface area contributed by atoms with Crippen molar-refractivity contribution in [3.63, 3.8) is 0 Å². The summed E-state index contributed by atoms with van der Waals surface area (Å²) in [6.45, 7) is 8.20. The molecule has 0 aliphatic carbocycles. The van der Waals surface area contributed by atoms with Gasteiger partial charge in [-0.25, -0.2) is 4.98 Å². The second kappa shape index (κ2) is 6.15. The number of likely N-dealkylation sites (N-methyl/N-ethyl adjacent to an activating group) is 1. The van der Waals surface area contributed by atoms with Crippen molar-refractivity contribution in [3.8, 4) is 0 Å². The van der Waals surface area contributed by atoms with E-state index in [1.807, 2.05) is 0 Å². The number of carboxylic acids is 1. The Hall–Kier alpha value is -1.14. The molecule has 0 aromatic carbocycles. The molecule has 0 spiro atoms. The number of carbonyl (C=O) groups is 1. The Balaban J connectivity index is 2.56. The van der Waals surface area contributed by atoms with Gasteiger partial charge in [0.25, 0.3) is 0 Å². The minimum absolute atomic E-state index is 0.603. The average molecular weight is 271 g/mol. The van der Waals surface area contributed by atoms with Crippen LogP contribution in [0.2, 0.25) is 0 Å². The highest BCUT2D eigenvalue weighted by Gasteiger charge is 2.32. The molecular weight excluding hydrogens is 250 g/mol. The van der Waals surface area contributed by atoms with Crippen LogP contribution < -0.4 is 5.32 Å². The third-order valence-corrected chi connectivity index (χ3v) is 3.79. The lowest BCUT2D eigenvalue weighted by atomic mass is 9.90. The maximum atomic E-state index is 11.1. The molecular formula is C12H21N3O2S. The second-order valence-electron chi connectivity index (χ2n) is 4.79. The number of rotatable bonds is 7. The van der Waals surface area contributed by atoms with Gasteiger partial charge in [-0.2, -0.15) is 0 Å². The molecule has 0 aliphatic heterocycles. The van der Waals surface area contributed by atoms with E-state index in [0.29, 0.717) is 5.69 Å². The minimum Gasteiger partial charge on any atom is -0.481 e. The van der Waals surface area contributed by atoms with Gasteiger partial charge in [-0.05, 0) is 27.4 Å². The summed E-state index contributed by atoms with van der Waals surface area (Å²) in [6.07, 6.45) is 0. The number of thiazole rings is 1. The normalized spacial score (nSPS) is 11.8. The third kappa shape index (κ3) is 3.68. The molecule has 1 heterocycles. The lowest BCUT2D eigenvalue weighted by Crippen LogP contribution is -2.29. The summed E-state index contributed by atoms with van der Waals surface area (Å²) in [5, 5.41) is 14.9. The molecule has 0 saturated carbocycles. The molecule has 102 valence electrons. The summed E-state index contributed by atoms with van der Waals surface area (Å²) < 4.78 is 0. The number of aromatic nitrogens is 1. The number of nitrogens with zero attached hydrogens (tertiary/aromatic N) is 2. The van der Waals surface area contributed by atoms with Crippen molar-refractivity contribution >= 4 is 22.4 Å². The molecule has 2 N–H and O–H groups in total. The maximum absolute atomic E-state index is 11.1. The van der Waals surface area contributed by atoms with Crippen LogP contribution in [0.1, 0.15) is 26.5 Å². The second-order valence-corrected chi connectivity index (χ2v) is 5.65. The Morgan fingerprint density at radius 2 is 2.28 bits per heavy atom. The Morgan fingerprint density at radius 3 is 2.83 bits per heavy atom. The first-order valence-electron chi connectivity index (χ1n) is 5.99. The lowest BCUT2D eigenvalue weighted by Gasteiger charge is -2.16. The van der Waals surface area contributed by atoms with Crippen molar-refractivity contribution in [1.82, 2.24) is 9.88 Å². The summed E-state index contributed by atoms with van der Waals surface area (Å²) in [6, 6.07) is 0. The van der Waals surface area contributed by atoms with Crippen LogP contribution >= 0.6 is 11.3 Å². The molecule has 1 rings (SSSR count). The minimum atomic E-state index is -0.934. The fourth-order valence-electron chi connectivity index (χ4n) is 1.26. The van der Waals surface area contributed by atoms with Crippen LogP contribution in [0.25, 0.3) is 0 Å². The molecule has 0 radical (unpaired) electrons. The number of carboxylic acid groups (broad SMARTS) is 1. The van der Waals surface area contributed by atoms with Crippen molar-refractivity contribution in [1.29, 1.82) is 0 Å². The largest absolute Gasteiger partial charge is 0.481 e. The van der Waals surface area contributed by atoms with E-state index in [9.17, 15) is 4.79 Å². The Bertz CT molecular complexity index is 404. The summed E-state index contributed by atoms with van der Waals surface area (Å²) in [7, 11) is 2.06. The van der Waals surface area contributed by atoms with Crippen LogP contribution in [0.15, 0.2) is 5.38 Å². The van der Waals surface area contributed by atoms with Crippen molar-refractivity contribution in [3.05, 3.63) is 11.1 Å². The lowest BCUT2D eigenvalue weighted by molar-refractivity contribution is -0.142. The third-order valence-electron chi connectivity index (χ3n) is 2.99. The van der Waals surface area contributed by atoms with Gasteiger partial charge in [-0.15, -0.1) is 11.3 Å². The van der Waals surface area contributed by atoms with Gasteiger partial charge < -0.3 is 15.3 Å². The smallest absolute Gasteiger partial charge is 0.315 e. The van der Waals surface area contributed by atoms with Crippen molar-refractivity contribution in [2.45, 2.75) is 26.2 Å². The van der Waals surface area contributed by atoms with Gasteiger partial charge >= 0.3 is 5.97 Å². The van der Waals surface area contributed by atoms with Crippen molar-refractivity contribution in [2.24, 2.45) is 0 Å². The molecule has 18 heavy (non-hydrogen) atoms. The first-order valence-corrected chi connectivity index (χ1v) is 6.87. The number of aliphatic carboxylic acids is 1. The zero-order valence-corrected chi connectivity index (χ0v) is 12.2. The van der Waals surface area contributed by atoms with E-state index in [2.05, 4.69) is 29.2 Å². The van der Waals surface area contributed by atoms with Gasteiger partial charge in [0.1, 0.15) is 5.41 Å². The van der Waals surface area contributed by atoms with E-state index in [1.165, 1.54) is 11.3 Å². The molecule has 6 heteroatoms. The highest BCUT2D eigenvalue weighted by atomic mass is 32.1. The summed E-state index contributed by atoms with van der Waals surface area (Å²) >= 11 is 1.45. The van der Waals surface area contributed by atoms with E-state index in [4.69, 9.17) is 5.11 Å². The van der Waals surface area contributed by atoms with Gasteiger partial charge in [-0.3, -0.25) is 4.79 Å². The molecule has 5 nitrogen and oxygen atoms in total. The fourth-order valence-corrected chi connectivity index (χ4v) is 2.17. The number of anilines is 1. The van der Waals surface area contributed by atoms with Gasteiger partial charge in [0.2, 0.25) is 0 Å². The van der Waals surface area contributed by atoms with E-state index in [1.54, 1.807) is 19.2 Å². The molecule has 0 amide bonds. The van der Waals surface area contributed by atoms with Gasteiger partial charge in [0.15, 0.2) is 5.13 Å². The Morgan fingerprint density at radius 1 is 1.61 bits per heavy atom. The maximum Gasteiger partial charge on any atom is 0.315 e. The van der Waals surface area contributed by atoms with E-state index >= 15 is 0 Å². The Labute approximate surface area is 112 Å². The van der Waals surface area contributed by atoms with Crippen LogP contribution in [0.5, 0.6) is 0 Å². The molecule has 0 atom stereocenters. The van der Waals surface area contributed by atoms with E-state index in [-0.39, 0.29) is 0 Å². The highest BCUT2D eigenvalue weighted by Crippen LogP contribution is 2.27. The summed E-state index contributed by atoms with van der Waals surface area (Å²) in [5.74, 6) is -0.856. The van der Waals surface area contributed by atoms with E-state index < -0.39 is 11.4 Å². The van der Waals surface area contributed by atoms with E-state index in [0.717, 1.165) is 24.8 Å². The first-order chi connectivity index (χ1) is 8.37. The first kappa shape index (κ1) is 14.9. The predicted octanol–water partition coefficient (Wildman–Crippen LogP) is 1.87. The van der Waals surface area contributed by atoms with Crippen LogP contribution in [-0.2, 0) is 10.2 Å². The standard InChI is InChI=1S/C12H21N3O2S/c1-5-15(4)7-6-13-11-14-9(8-18-11)12(2,3)10(16)17/h8H,5-7H2,1-4H3,(H,13,14)(H,16,17). The summed E-state index contributed by atoms with van der Waals surface area (Å²) in [5.41, 5.74) is -0.331. The quantitative estimate of drug-likeness (QED) is 0.792. The fraction of sp³-hybridized carbons (Fsp3) is 0.667. The summed E-state index contributed by atoms with van der Waals surface area (Å²) in [4.78, 5) is 17.6. The zero-order valence-electron chi connectivity index (χ0n) is 11.4. The topological polar surface area (TPSA) is 65.5 Å². The molecule has 0 saturated heterocycles. The SMILES string of the molecule is CCN(C)CCNc1nc(C(C)(C)C(=O)O)cs1. The number of nitrogens with one attached hydrogen (secondary N) is 1. The zero-order chi connectivity index (χ0) is 13.8. The van der Waals surface area contributed by atoms with Gasteiger partial charge in [0.05, 0.1) is 5.69 Å². The van der Waals surface area contributed by atoms with Crippen LogP contribution in [0.4, 0.5) is 5.13 Å². The number of hydrogen-bond acceptors (Lipinski definition) is 5. The van der Waals surface area contributed by atoms with Gasteiger partial charge in [-0.1, -0.05) is 6.92 Å². The average Bonchev–Trinajstić information content (AvgIpc) is 2.77. The molecule has 1 aromatic heterocycles. The molecule has 0 fully saturated rings. The van der Waals surface area contributed by atoms with Crippen molar-refractivity contribution in [2.75, 3.05) is 32.0 Å². The molecule has 0 bridgehead atoms. The van der Waals surface area contributed by atoms with Crippen LogP contribution in [-0.4, -0.2) is 47.6 Å². The highest BCUT2D eigenvalue weighted by molar-refractivity contribution is 7.13.